The Labute approximate surface area is 132 Å². The van der Waals surface area contributed by atoms with E-state index in [0.29, 0.717) is 6.54 Å². The van der Waals surface area contributed by atoms with Crippen molar-refractivity contribution in [2.24, 2.45) is 5.73 Å². The first-order chi connectivity index (χ1) is 10.1. The van der Waals surface area contributed by atoms with E-state index in [2.05, 4.69) is 10.6 Å². The van der Waals surface area contributed by atoms with Gasteiger partial charge in [-0.3, -0.25) is 5.41 Å². The zero-order chi connectivity index (χ0) is 14.8. The van der Waals surface area contributed by atoms with Crippen molar-refractivity contribution in [2.45, 2.75) is 11.4 Å². The lowest BCUT2D eigenvalue weighted by atomic mass is 10.2. The van der Waals surface area contributed by atoms with E-state index in [-0.39, 0.29) is 5.17 Å². The lowest BCUT2D eigenvalue weighted by Crippen LogP contribution is -2.02. The van der Waals surface area contributed by atoms with Gasteiger partial charge in [-0.1, -0.05) is 59.8 Å². The Morgan fingerprint density at radius 2 is 1.86 bits per heavy atom. The van der Waals surface area contributed by atoms with Crippen molar-refractivity contribution in [3.05, 3.63) is 65.3 Å². The SMILES string of the molecule is N=C(N)Sc1cn(Cc2ccccc2Cl)c2ccccc12. The molecule has 3 nitrogen and oxygen atoms in total. The number of thioether (sulfide) groups is 1. The molecule has 1 aromatic heterocycles. The molecule has 0 saturated heterocycles. The van der Waals surface area contributed by atoms with Crippen molar-refractivity contribution < 1.29 is 0 Å². The highest BCUT2D eigenvalue weighted by Gasteiger charge is 2.10. The number of hydrogen-bond donors (Lipinski definition) is 2. The summed E-state index contributed by atoms with van der Waals surface area (Å²) in [5.41, 5.74) is 7.70. The number of hydrogen-bond acceptors (Lipinski definition) is 2. The molecule has 0 unspecified atom stereocenters. The summed E-state index contributed by atoms with van der Waals surface area (Å²) >= 11 is 7.51. The van der Waals surface area contributed by atoms with Crippen LogP contribution in [0.3, 0.4) is 0 Å². The van der Waals surface area contributed by atoms with Crippen molar-refractivity contribution in [2.75, 3.05) is 0 Å². The number of nitrogens with zero attached hydrogens (tertiary/aromatic N) is 1. The van der Waals surface area contributed by atoms with Crippen LogP contribution in [0.5, 0.6) is 0 Å². The van der Waals surface area contributed by atoms with Gasteiger partial charge in [-0.25, -0.2) is 0 Å². The first-order valence-electron chi connectivity index (χ1n) is 6.48. The molecule has 1 heterocycles. The predicted octanol–water partition coefficient (Wildman–Crippen LogP) is 4.33. The summed E-state index contributed by atoms with van der Waals surface area (Å²) < 4.78 is 2.14. The minimum atomic E-state index is 0.0932. The molecule has 0 amide bonds. The molecule has 3 rings (SSSR count). The van der Waals surface area contributed by atoms with Gasteiger partial charge >= 0.3 is 0 Å². The summed E-state index contributed by atoms with van der Waals surface area (Å²) in [5.74, 6) is 0. The molecule has 2 aromatic carbocycles. The lowest BCUT2D eigenvalue weighted by Gasteiger charge is -2.07. The molecule has 0 aliphatic carbocycles. The lowest BCUT2D eigenvalue weighted by molar-refractivity contribution is 0.830. The van der Waals surface area contributed by atoms with Gasteiger partial charge in [-0.15, -0.1) is 0 Å². The molecule has 3 aromatic rings. The maximum absolute atomic E-state index is 7.48. The number of amidine groups is 1. The Kier molecular flexibility index (Phi) is 3.90. The van der Waals surface area contributed by atoms with E-state index in [0.717, 1.165) is 26.4 Å². The summed E-state index contributed by atoms with van der Waals surface area (Å²) in [6, 6.07) is 15.9. The number of halogens is 1. The maximum Gasteiger partial charge on any atom is 0.156 e. The van der Waals surface area contributed by atoms with Crippen LogP contribution in [0, 0.1) is 5.41 Å². The molecule has 0 aliphatic heterocycles. The average Bonchev–Trinajstić information content (AvgIpc) is 2.79. The summed E-state index contributed by atoms with van der Waals surface area (Å²) in [7, 11) is 0. The Bertz CT molecular complexity index is 810. The third-order valence-electron chi connectivity index (χ3n) is 3.27. The van der Waals surface area contributed by atoms with Gasteiger partial charge in [0.15, 0.2) is 5.17 Å². The molecular formula is C16H14ClN3S. The van der Waals surface area contributed by atoms with E-state index in [1.807, 2.05) is 48.7 Å². The van der Waals surface area contributed by atoms with Crippen molar-refractivity contribution in [1.29, 1.82) is 5.41 Å². The highest BCUT2D eigenvalue weighted by molar-refractivity contribution is 8.13. The normalized spacial score (nSPS) is 10.9. The van der Waals surface area contributed by atoms with Crippen LogP contribution in [0.1, 0.15) is 5.56 Å². The predicted molar refractivity (Wildman–Crippen MR) is 90.3 cm³/mol. The molecule has 5 heteroatoms. The van der Waals surface area contributed by atoms with Gasteiger partial charge in [0.25, 0.3) is 0 Å². The van der Waals surface area contributed by atoms with E-state index >= 15 is 0 Å². The van der Waals surface area contributed by atoms with Crippen molar-refractivity contribution in [3.63, 3.8) is 0 Å². The molecule has 0 saturated carbocycles. The first-order valence-corrected chi connectivity index (χ1v) is 7.68. The van der Waals surface area contributed by atoms with Gasteiger partial charge in [0.2, 0.25) is 0 Å². The largest absolute Gasteiger partial charge is 0.378 e. The van der Waals surface area contributed by atoms with Crippen LogP contribution in [-0.2, 0) is 6.54 Å². The van der Waals surface area contributed by atoms with E-state index in [9.17, 15) is 0 Å². The molecule has 0 spiro atoms. The topological polar surface area (TPSA) is 54.8 Å². The highest BCUT2D eigenvalue weighted by Crippen LogP contribution is 2.30. The molecule has 21 heavy (non-hydrogen) atoms. The number of nitrogens with one attached hydrogen (secondary N) is 1. The second kappa shape index (κ2) is 5.84. The maximum atomic E-state index is 7.48. The summed E-state index contributed by atoms with van der Waals surface area (Å²) in [4.78, 5) is 0.991. The van der Waals surface area contributed by atoms with E-state index in [1.54, 1.807) is 0 Å². The third kappa shape index (κ3) is 2.91. The molecule has 0 aliphatic rings. The van der Waals surface area contributed by atoms with Gasteiger partial charge in [-0.2, -0.15) is 0 Å². The second-order valence-electron chi connectivity index (χ2n) is 4.70. The Balaban J connectivity index is 2.06. The van der Waals surface area contributed by atoms with Crippen LogP contribution >= 0.6 is 23.4 Å². The van der Waals surface area contributed by atoms with Crippen molar-refractivity contribution in [3.8, 4) is 0 Å². The van der Waals surface area contributed by atoms with E-state index in [4.69, 9.17) is 22.7 Å². The van der Waals surface area contributed by atoms with Crippen LogP contribution in [0.4, 0.5) is 0 Å². The van der Waals surface area contributed by atoms with Gasteiger partial charge in [-0.05, 0) is 17.7 Å². The molecule has 0 atom stereocenters. The van der Waals surface area contributed by atoms with Crippen LogP contribution in [0.15, 0.2) is 59.6 Å². The Morgan fingerprint density at radius 3 is 2.62 bits per heavy atom. The smallest absolute Gasteiger partial charge is 0.156 e. The minimum Gasteiger partial charge on any atom is -0.378 e. The van der Waals surface area contributed by atoms with Crippen LogP contribution < -0.4 is 5.73 Å². The first kappa shape index (κ1) is 14.0. The third-order valence-corrected chi connectivity index (χ3v) is 4.40. The molecule has 3 N–H and O–H groups in total. The zero-order valence-corrected chi connectivity index (χ0v) is 12.8. The average molecular weight is 316 g/mol. The number of benzene rings is 2. The minimum absolute atomic E-state index is 0.0932. The van der Waals surface area contributed by atoms with Gasteiger partial charge in [0, 0.05) is 33.6 Å². The number of fused-ring (bicyclic) bond motifs is 1. The Hall–Kier alpha value is -1.91. The van der Waals surface area contributed by atoms with Gasteiger partial charge in [0.1, 0.15) is 0 Å². The van der Waals surface area contributed by atoms with Crippen LogP contribution in [0.2, 0.25) is 5.02 Å². The van der Waals surface area contributed by atoms with E-state index < -0.39 is 0 Å². The monoisotopic (exact) mass is 315 g/mol. The molecule has 0 fully saturated rings. The number of nitrogens with two attached hydrogens (primary N) is 1. The van der Waals surface area contributed by atoms with E-state index in [1.165, 1.54) is 11.8 Å². The Morgan fingerprint density at radius 1 is 1.14 bits per heavy atom. The second-order valence-corrected chi connectivity index (χ2v) is 6.19. The summed E-state index contributed by atoms with van der Waals surface area (Å²) in [6.07, 6.45) is 2.03. The summed E-state index contributed by atoms with van der Waals surface area (Å²) in [6.45, 7) is 0.693. The van der Waals surface area contributed by atoms with Gasteiger partial charge < -0.3 is 10.3 Å². The molecular weight excluding hydrogens is 302 g/mol. The molecule has 0 radical (unpaired) electrons. The fraction of sp³-hybridized carbons (Fsp3) is 0.0625. The van der Waals surface area contributed by atoms with Crippen molar-refractivity contribution >= 4 is 39.4 Å². The fourth-order valence-corrected chi connectivity index (χ4v) is 3.25. The number of para-hydroxylation sites is 1. The van der Waals surface area contributed by atoms with Gasteiger partial charge in [0.05, 0.1) is 0 Å². The zero-order valence-electron chi connectivity index (χ0n) is 11.2. The standard InChI is InChI=1S/C16H14ClN3S/c17-13-7-3-1-5-11(13)9-20-10-15(21-16(18)19)12-6-2-4-8-14(12)20/h1-8,10H,9H2,(H3,18,19). The summed E-state index contributed by atoms with van der Waals surface area (Å²) in [5, 5.41) is 9.44. The van der Waals surface area contributed by atoms with Crippen molar-refractivity contribution in [1.82, 2.24) is 4.57 Å². The van der Waals surface area contributed by atoms with Crippen LogP contribution in [0.25, 0.3) is 10.9 Å². The highest BCUT2D eigenvalue weighted by atomic mass is 35.5. The fourth-order valence-electron chi connectivity index (χ4n) is 2.35. The number of aromatic nitrogens is 1. The quantitative estimate of drug-likeness (QED) is 0.429. The van der Waals surface area contributed by atoms with Crippen LogP contribution in [-0.4, -0.2) is 9.73 Å². The number of rotatable bonds is 3. The molecule has 106 valence electrons. The molecule has 0 bridgehead atoms.